The van der Waals surface area contributed by atoms with Crippen LogP contribution >= 0.6 is 0 Å². The van der Waals surface area contributed by atoms with Crippen molar-refractivity contribution in [3.8, 4) is 11.5 Å². The summed E-state index contributed by atoms with van der Waals surface area (Å²) in [5, 5.41) is 20.8. The fourth-order valence-electron chi connectivity index (χ4n) is 3.67. The van der Waals surface area contributed by atoms with Crippen LogP contribution in [0.4, 0.5) is 0 Å². The molecule has 2 aromatic carbocycles. The summed E-state index contributed by atoms with van der Waals surface area (Å²) >= 11 is 0. The Balaban J connectivity index is 2.06. The van der Waals surface area contributed by atoms with E-state index in [-0.39, 0.29) is 29.5 Å². The quantitative estimate of drug-likeness (QED) is 0.545. The molecule has 0 heterocycles. The zero-order chi connectivity index (χ0) is 20.1. The Hall–Kier alpha value is -2.85. The van der Waals surface area contributed by atoms with Crippen molar-refractivity contribution in [3.63, 3.8) is 0 Å². The van der Waals surface area contributed by atoms with Crippen LogP contribution in [-0.4, -0.2) is 23.1 Å². The zero-order valence-electron chi connectivity index (χ0n) is 16.4. The maximum absolute atomic E-state index is 12.9. The number of phenolic OH excluding ortho intramolecular Hbond substituents is 1. The lowest BCUT2D eigenvalue weighted by molar-refractivity contribution is 0.104. The van der Waals surface area contributed by atoms with Crippen molar-refractivity contribution in [1.29, 1.82) is 0 Å². The SMILES string of the molecule is COc1cc(CO)c(C2=CCCCC2)c(O)c1C(=O)/C=C/c1cccc(C)c1. The van der Waals surface area contributed by atoms with Crippen molar-refractivity contribution in [2.75, 3.05) is 7.11 Å². The van der Waals surface area contributed by atoms with Crippen LogP contribution in [0.15, 0.2) is 42.5 Å². The molecular formula is C24H26O4. The first kappa shape index (κ1) is 19.9. The Bertz CT molecular complexity index is 938. The third kappa shape index (κ3) is 4.18. The second kappa shape index (κ2) is 8.89. The van der Waals surface area contributed by atoms with Crippen LogP contribution < -0.4 is 4.74 Å². The number of benzene rings is 2. The number of carbonyl (C=O) groups is 1. The Morgan fingerprint density at radius 1 is 1.25 bits per heavy atom. The molecule has 146 valence electrons. The third-order valence-electron chi connectivity index (χ3n) is 5.06. The van der Waals surface area contributed by atoms with Gasteiger partial charge in [0.25, 0.3) is 0 Å². The minimum atomic E-state index is -0.335. The number of aliphatic hydroxyl groups is 1. The van der Waals surface area contributed by atoms with Crippen molar-refractivity contribution in [2.24, 2.45) is 0 Å². The number of hydrogen-bond acceptors (Lipinski definition) is 4. The highest BCUT2D eigenvalue weighted by Crippen LogP contribution is 2.41. The van der Waals surface area contributed by atoms with Crippen molar-refractivity contribution in [1.82, 2.24) is 0 Å². The van der Waals surface area contributed by atoms with Crippen LogP contribution in [0.2, 0.25) is 0 Å². The number of hydrogen-bond donors (Lipinski definition) is 2. The standard InChI is InChI=1S/C24H26O4/c1-16-7-6-8-17(13-16)11-12-20(26)23-21(28-2)14-19(15-25)22(24(23)27)18-9-4-3-5-10-18/h6-9,11-14,25,27H,3-5,10,15H2,1-2H3/b12-11+. The van der Waals surface area contributed by atoms with Crippen LogP contribution in [0.3, 0.4) is 0 Å². The first-order valence-electron chi connectivity index (χ1n) is 9.57. The normalized spacial score (nSPS) is 14.2. The zero-order valence-corrected chi connectivity index (χ0v) is 16.4. The van der Waals surface area contributed by atoms with Crippen LogP contribution in [0, 0.1) is 6.92 Å². The maximum atomic E-state index is 12.9. The molecule has 3 rings (SSSR count). The van der Waals surface area contributed by atoms with Gasteiger partial charge in [-0.05, 0) is 61.4 Å². The summed E-state index contributed by atoms with van der Waals surface area (Å²) in [6, 6.07) is 9.47. The molecule has 0 fully saturated rings. The fraction of sp³-hybridized carbons (Fsp3) is 0.292. The van der Waals surface area contributed by atoms with Gasteiger partial charge in [-0.15, -0.1) is 0 Å². The second-order valence-electron chi connectivity index (χ2n) is 7.08. The number of aromatic hydroxyl groups is 1. The topological polar surface area (TPSA) is 66.8 Å². The van der Waals surface area contributed by atoms with Gasteiger partial charge in [0, 0.05) is 5.56 Å². The Kier molecular flexibility index (Phi) is 6.32. The van der Waals surface area contributed by atoms with Gasteiger partial charge in [-0.1, -0.05) is 42.0 Å². The molecule has 1 aliphatic carbocycles. The van der Waals surface area contributed by atoms with Gasteiger partial charge in [-0.25, -0.2) is 0 Å². The number of ether oxygens (including phenoxy) is 1. The molecule has 0 atom stereocenters. The molecule has 4 heteroatoms. The highest BCUT2D eigenvalue weighted by molar-refractivity contribution is 6.11. The van der Waals surface area contributed by atoms with Gasteiger partial charge in [-0.2, -0.15) is 0 Å². The first-order valence-corrected chi connectivity index (χ1v) is 9.57. The predicted octanol–water partition coefficient (Wildman–Crippen LogP) is 5.06. The molecule has 4 nitrogen and oxygen atoms in total. The highest BCUT2D eigenvalue weighted by atomic mass is 16.5. The molecule has 0 aliphatic heterocycles. The summed E-state index contributed by atoms with van der Waals surface area (Å²) in [6.45, 7) is 1.76. The number of aryl methyl sites for hydroxylation is 1. The minimum Gasteiger partial charge on any atom is -0.506 e. The van der Waals surface area contributed by atoms with Gasteiger partial charge >= 0.3 is 0 Å². The van der Waals surface area contributed by atoms with Crippen LogP contribution in [0.25, 0.3) is 11.6 Å². The lowest BCUT2D eigenvalue weighted by Crippen LogP contribution is -2.06. The Labute approximate surface area is 165 Å². The lowest BCUT2D eigenvalue weighted by Gasteiger charge is -2.20. The summed E-state index contributed by atoms with van der Waals surface area (Å²) < 4.78 is 5.36. The number of allylic oxidation sites excluding steroid dienone is 3. The smallest absolute Gasteiger partial charge is 0.193 e. The number of ketones is 1. The summed E-state index contributed by atoms with van der Waals surface area (Å²) in [5.41, 5.74) is 4.26. The summed E-state index contributed by atoms with van der Waals surface area (Å²) in [4.78, 5) is 12.9. The van der Waals surface area contributed by atoms with E-state index >= 15 is 0 Å². The Morgan fingerprint density at radius 3 is 2.71 bits per heavy atom. The van der Waals surface area contributed by atoms with Gasteiger partial charge in [0.1, 0.15) is 17.1 Å². The van der Waals surface area contributed by atoms with E-state index < -0.39 is 0 Å². The second-order valence-corrected chi connectivity index (χ2v) is 7.08. The summed E-state index contributed by atoms with van der Waals surface area (Å²) in [6.07, 6.45) is 9.15. The molecule has 0 saturated heterocycles. The van der Waals surface area contributed by atoms with Crippen molar-refractivity contribution >= 4 is 17.4 Å². The maximum Gasteiger partial charge on any atom is 0.193 e. The predicted molar refractivity (Wildman–Crippen MR) is 112 cm³/mol. The van der Waals surface area contributed by atoms with E-state index in [1.807, 2.05) is 31.2 Å². The molecule has 0 amide bonds. The van der Waals surface area contributed by atoms with E-state index in [0.717, 1.165) is 42.4 Å². The van der Waals surface area contributed by atoms with E-state index in [0.29, 0.717) is 11.1 Å². The van der Waals surface area contributed by atoms with E-state index in [1.165, 1.54) is 13.2 Å². The summed E-state index contributed by atoms with van der Waals surface area (Å²) in [7, 11) is 1.45. The molecule has 2 N–H and O–H groups in total. The molecule has 2 aromatic rings. The van der Waals surface area contributed by atoms with Gasteiger partial charge in [0.05, 0.1) is 13.7 Å². The first-order chi connectivity index (χ1) is 13.5. The molecular weight excluding hydrogens is 352 g/mol. The van der Waals surface area contributed by atoms with E-state index in [2.05, 4.69) is 6.08 Å². The molecule has 0 bridgehead atoms. The lowest BCUT2D eigenvalue weighted by atomic mass is 9.87. The number of aliphatic hydroxyl groups excluding tert-OH is 1. The fourth-order valence-corrected chi connectivity index (χ4v) is 3.67. The molecule has 1 aliphatic rings. The molecule has 0 spiro atoms. The van der Waals surface area contributed by atoms with E-state index in [4.69, 9.17) is 4.74 Å². The molecule has 0 saturated carbocycles. The van der Waals surface area contributed by atoms with E-state index in [1.54, 1.807) is 12.1 Å². The third-order valence-corrected chi connectivity index (χ3v) is 5.06. The monoisotopic (exact) mass is 378 g/mol. The molecule has 0 unspecified atom stereocenters. The van der Waals surface area contributed by atoms with Gasteiger partial charge in [0.2, 0.25) is 0 Å². The molecule has 0 aromatic heterocycles. The Morgan fingerprint density at radius 2 is 2.07 bits per heavy atom. The van der Waals surface area contributed by atoms with Crippen molar-refractivity contribution < 1.29 is 19.7 Å². The van der Waals surface area contributed by atoms with Gasteiger partial charge in [-0.3, -0.25) is 4.79 Å². The van der Waals surface area contributed by atoms with Crippen LogP contribution in [-0.2, 0) is 6.61 Å². The highest BCUT2D eigenvalue weighted by Gasteiger charge is 2.24. The van der Waals surface area contributed by atoms with E-state index in [9.17, 15) is 15.0 Å². The number of rotatable bonds is 6. The largest absolute Gasteiger partial charge is 0.506 e. The average molecular weight is 378 g/mol. The van der Waals surface area contributed by atoms with Crippen LogP contribution in [0.5, 0.6) is 11.5 Å². The summed E-state index contributed by atoms with van der Waals surface area (Å²) in [5.74, 6) is -0.186. The number of methoxy groups -OCH3 is 1. The average Bonchev–Trinajstić information content (AvgIpc) is 2.71. The van der Waals surface area contributed by atoms with Crippen molar-refractivity contribution in [3.05, 3.63) is 70.3 Å². The van der Waals surface area contributed by atoms with Gasteiger partial charge in [0.15, 0.2) is 5.78 Å². The van der Waals surface area contributed by atoms with Crippen molar-refractivity contribution in [2.45, 2.75) is 39.2 Å². The number of phenols is 1. The van der Waals surface area contributed by atoms with Crippen LogP contribution in [0.1, 0.15) is 58.3 Å². The minimum absolute atomic E-state index is 0.115. The molecule has 0 radical (unpaired) electrons. The van der Waals surface area contributed by atoms with Gasteiger partial charge < -0.3 is 14.9 Å². The molecule has 28 heavy (non-hydrogen) atoms. The number of carbonyl (C=O) groups excluding carboxylic acids is 1.